The van der Waals surface area contributed by atoms with Crippen LogP contribution in [0.2, 0.25) is 0 Å². The molecule has 4 N–H and O–H groups in total. The zero-order valence-electron chi connectivity index (χ0n) is 40.7. The van der Waals surface area contributed by atoms with E-state index in [0.29, 0.717) is 63.4 Å². The summed E-state index contributed by atoms with van der Waals surface area (Å²) in [6.07, 6.45) is 10.9. The fourth-order valence-corrected chi connectivity index (χ4v) is 10.3. The third-order valence-electron chi connectivity index (χ3n) is 14.7. The molecule has 0 aromatic heterocycles. The SMILES string of the molecule is CO[C@H]1C[C@@H]2CC[C@@H](C)[C@@](O)(O2)C(=O)C(=O)N2CCCC[C@H]2C(=O)OC([C@H](C)C[C@H]2CC[C@@H](O)[C@H](OC)C2)C[C@@H](O)[C@H](C)C=C(C)[C@@H](O)[C@@H](OC)C(=O)[C@H](C)C[C@H](C)C=CC=CC=C1C. The van der Waals surface area contributed by atoms with Crippen molar-refractivity contribution in [1.82, 2.24) is 4.90 Å². The minimum atomic E-state index is -2.42. The van der Waals surface area contributed by atoms with E-state index in [9.17, 15) is 39.6 Å². The average Bonchev–Trinajstić information content (AvgIpc) is 3.28. The number of cyclic esters (lactones) is 1. The number of nitrogens with zero attached hydrogens (tertiary/aromatic N) is 1. The Balaban J connectivity index is 1.70. The number of carbonyl (C=O) groups is 4. The van der Waals surface area contributed by atoms with Gasteiger partial charge in [0.2, 0.25) is 5.79 Å². The lowest BCUT2D eigenvalue weighted by Gasteiger charge is -2.43. The number of ether oxygens (including phenoxy) is 5. The number of methoxy groups -OCH3 is 3. The molecule has 4 aliphatic rings. The third-order valence-corrected chi connectivity index (χ3v) is 14.7. The summed E-state index contributed by atoms with van der Waals surface area (Å²) in [4.78, 5) is 57.8. The number of aliphatic hydroxyl groups excluding tert-OH is 3. The number of allylic oxidation sites excluding steroid dienone is 5. The Hall–Kier alpha value is -3.08. The summed E-state index contributed by atoms with van der Waals surface area (Å²) in [5.41, 5.74) is 1.33. The van der Waals surface area contributed by atoms with Gasteiger partial charge < -0.3 is 49.0 Å². The lowest BCUT2D eigenvalue weighted by molar-refractivity contribution is -0.265. The van der Waals surface area contributed by atoms with Crippen LogP contribution in [0.4, 0.5) is 0 Å². The highest BCUT2D eigenvalue weighted by molar-refractivity contribution is 6.39. The van der Waals surface area contributed by atoms with Crippen LogP contribution in [0.1, 0.15) is 126 Å². The highest BCUT2D eigenvalue weighted by Gasteiger charge is 2.53. The molecule has 14 heteroatoms. The Morgan fingerprint density at radius 3 is 2.22 bits per heavy atom. The van der Waals surface area contributed by atoms with Crippen LogP contribution in [0.25, 0.3) is 0 Å². The van der Waals surface area contributed by atoms with Gasteiger partial charge >= 0.3 is 5.97 Å². The van der Waals surface area contributed by atoms with E-state index in [-0.39, 0.29) is 49.0 Å². The quantitative estimate of drug-likeness (QED) is 0.138. The summed E-state index contributed by atoms with van der Waals surface area (Å²) < 4.78 is 29.5. The molecule has 1 unspecified atom stereocenters. The third kappa shape index (κ3) is 14.5. The van der Waals surface area contributed by atoms with Crippen molar-refractivity contribution < 1.29 is 63.3 Å². The molecule has 368 valence electrons. The summed E-state index contributed by atoms with van der Waals surface area (Å²) in [6, 6.07) is -1.11. The highest BCUT2D eigenvalue weighted by Crippen LogP contribution is 2.38. The molecular weight excluding hydrogens is 835 g/mol. The van der Waals surface area contributed by atoms with Gasteiger partial charge in [-0.25, -0.2) is 4.79 Å². The average molecular weight is 916 g/mol. The Morgan fingerprint density at radius 1 is 0.815 bits per heavy atom. The highest BCUT2D eigenvalue weighted by atomic mass is 16.6. The van der Waals surface area contributed by atoms with Crippen LogP contribution in [-0.4, -0.2) is 137 Å². The van der Waals surface area contributed by atoms with Gasteiger partial charge in [-0.3, -0.25) is 14.4 Å². The lowest BCUT2D eigenvalue weighted by atomic mass is 9.78. The van der Waals surface area contributed by atoms with Crippen molar-refractivity contribution in [2.45, 2.75) is 186 Å². The number of carbonyl (C=O) groups excluding carboxylic acids is 4. The molecule has 1 aliphatic carbocycles. The zero-order chi connectivity index (χ0) is 48.2. The zero-order valence-corrected chi connectivity index (χ0v) is 40.7. The Labute approximate surface area is 387 Å². The maximum absolute atomic E-state index is 14.4. The Bertz CT molecular complexity index is 1710. The number of amides is 1. The predicted molar refractivity (Wildman–Crippen MR) is 246 cm³/mol. The lowest BCUT2D eigenvalue weighted by Crippen LogP contribution is -2.61. The Kier molecular flexibility index (Phi) is 21.3. The first kappa shape index (κ1) is 54.5. The number of fused-ring (bicyclic) bond motifs is 3. The normalized spacial score (nSPS) is 39.0. The smallest absolute Gasteiger partial charge is 0.329 e. The largest absolute Gasteiger partial charge is 0.460 e. The topological polar surface area (TPSA) is 199 Å². The number of hydrogen-bond acceptors (Lipinski definition) is 13. The van der Waals surface area contributed by atoms with Crippen molar-refractivity contribution in [3.8, 4) is 0 Å². The summed E-state index contributed by atoms with van der Waals surface area (Å²) in [6.45, 7) is 13.0. The van der Waals surface area contributed by atoms with Gasteiger partial charge in [-0.15, -0.1) is 0 Å². The molecule has 3 aliphatic heterocycles. The van der Waals surface area contributed by atoms with Crippen molar-refractivity contribution in [3.63, 3.8) is 0 Å². The van der Waals surface area contributed by atoms with Crippen LogP contribution in [0, 0.1) is 35.5 Å². The van der Waals surface area contributed by atoms with Crippen LogP contribution >= 0.6 is 0 Å². The van der Waals surface area contributed by atoms with Crippen molar-refractivity contribution in [1.29, 1.82) is 0 Å². The van der Waals surface area contributed by atoms with Crippen LogP contribution in [0.5, 0.6) is 0 Å². The summed E-state index contributed by atoms with van der Waals surface area (Å²) in [5.74, 6) is -7.26. The summed E-state index contributed by atoms with van der Waals surface area (Å²) in [5, 5.41) is 45.7. The Morgan fingerprint density at radius 2 is 1.54 bits per heavy atom. The van der Waals surface area contributed by atoms with Gasteiger partial charge in [-0.1, -0.05) is 71.1 Å². The molecule has 2 saturated heterocycles. The molecule has 3 fully saturated rings. The van der Waals surface area contributed by atoms with E-state index in [0.717, 1.165) is 12.0 Å². The van der Waals surface area contributed by atoms with Gasteiger partial charge in [0.15, 0.2) is 5.78 Å². The second kappa shape index (κ2) is 25.3. The number of ketones is 2. The van der Waals surface area contributed by atoms with Gasteiger partial charge in [0, 0.05) is 58.5 Å². The fourth-order valence-electron chi connectivity index (χ4n) is 10.3. The monoisotopic (exact) mass is 916 g/mol. The summed E-state index contributed by atoms with van der Waals surface area (Å²) in [7, 11) is 4.55. The van der Waals surface area contributed by atoms with Gasteiger partial charge in [0.25, 0.3) is 11.7 Å². The molecular formula is C51H81NO13. The van der Waals surface area contributed by atoms with Crippen molar-refractivity contribution in [3.05, 3.63) is 47.6 Å². The molecule has 1 saturated carbocycles. The molecule has 1 amide bonds. The second-order valence-corrected chi connectivity index (χ2v) is 19.8. The molecule has 0 aromatic carbocycles. The molecule has 0 spiro atoms. The number of aliphatic hydroxyl groups is 4. The fraction of sp³-hybridized carbons (Fsp3) is 0.765. The van der Waals surface area contributed by atoms with E-state index in [4.69, 9.17) is 23.7 Å². The van der Waals surface area contributed by atoms with Crippen molar-refractivity contribution >= 4 is 23.4 Å². The first-order valence-electron chi connectivity index (χ1n) is 24.1. The van der Waals surface area contributed by atoms with Crippen molar-refractivity contribution in [2.75, 3.05) is 27.9 Å². The van der Waals surface area contributed by atoms with Gasteiger partial charge in [0.05, 0.1) is 30.5 Å². The maximum Gasteiger partial charge on any atom is 0.329 e. The van der Waals surface area contributed by atoms with Gasteiger partial charge in [-0.2, -0.15) is 0 Å². The van der Waals surface area contributed by atoms with Crippen LogP contribution in [-0.2, 0) is 42.9 Å². The van der Waals surface area contributed by atoms with E-state index in [1.54, 1.807) is 41.1 Å². The second-order valence-electron chi connectivity index (χ2n) is 19.8. The van der Waals surface area contributed by atoms with E-state index in [1.165, 1.54) is 12.0 Å². The van der Waals surface area contributed by atoms with Crippen LogP contribution in [0.15, 0.2) is 47.6 Å². The molecule has 2 bridgehead atoms. The number of rotatable bonds is 6. The molecule has 0 radical (unpaired) electrons. The number of Topliss-reactive ketones (excluding diaryl/α,β-unsaturated/α-hetero) is 2. The van der Waals surface area contributed by atoms with E-state index in [2.05, 4.69) is 0 Å². The minimum absolute atomic E-state index is 0.0183. The first-order chi connectivity index (χ1) is 30.7. The summed E-state index contributed by atoms with van der Waals surface area (Å²) >= 11 is 0. The molecule has 65 heavy (non-hydrogen) atoms. The van der Waals surface area contributed by atoms with Crippen molar-refractivity contribution in [2.24, 2.45) is 35.5 Å². The van der Waals surface area contributed by atoms with Crippen LogP contribution in [0.3, 0.4) is 0 Å². The molecule has 0 aromatic rings. The minimum Gasteiger partial charge on any atom is -0.460 e. The number of esters is 1. The predicted octanol–water partition coefficient (Wildman–Crippen LogP) is 5.97. The number of piperidine rings is 1. The standard InChI is InChI=1S/C51H81NO13/c1-30-16-12-11-13-17-31(2)42(61-8)28-38-21-19-36(7)51(60,65-38)48(57)49(58)52-23-15-14-18-39(52)50(59)64-43(33(4)26-37-20-22-40(53)44(27-37)62-9)29-41(54)32(3)25-35(6)46(56)47(63-10)45(55)34(5)24-30/h11-13,16-17,25,30,32-34,36-44,46-47,53-54,56,60H,14-15,18-24,26-29H2,1-10H3/t30-,32-,33-,34-,36-,37-,38+,39+,40-,41-,42+,43?,44-,46-,47+,51-/m1/s1. The number of hydrogen-bond donors (Lipinski definition) is 4. The molecule has 4 rings (SSSR count). The maximum atomic E-state index is 14.4. The van der Waals surface area contributed by atoms with Gasteiger partial charge in [-0.05, 0) is 107 Å². The van der Waals surface area contributed by atoms with E-state index < -0.39 is 90.0 Å². The van der Waals surface area contributed by atoms with E-state index in [1.807, 2.05) is 58.1 Å². The molecule has 3 heterocycles. The van der Waals surface area contributed by atoms with Crippen LogP contribution < -0.4 is 0 Å². The molecule has 16 atom stereocenters. The van der Waals surface area contributed by atoms with E-state index >= 15 is 0 Å². The van der Waals surface area contributed by atoms with Gasteiger partial charge in [0.1, 0.15) is 24.4 Å². The first-order valence-corrected chi connectivity index (χ1v) is 24.1. The molecule has 14 nitrogen and oxygen atoms in total.